The lowest BCUT2D eigenvalue weighted by Crippen LogP contribution is -2.32. The minimum absolute atomic E-state index is 0.212. The molecule has 0 fully saturated rings. The van der Waals surface area contributed by atoms with E-state index in [4.69, 9.17) is 10.5 Å². The number of benzene rings is 1. The first-order valence-electron chi connectivity index (χ1n) is 7.19. The van der Waals surface area contributed by atoms with E-state index in [1.807, 2.05) is 32.9 Å². The maximum Gasteiger partial charge on any atom is 0.408 e. The van der Waals surface area contributed by atoms with E-state index in [9.17, 15) is 4.79 Å². The molecule has 4 heteroatoms. The Balaban J connectivity index is 1.88. The minimum Gasteiger partial charge on any atom is -0.444 e. The molecule has 0 unspecified atom stereocenters. The Morgan fingerprint density at radius 1 is 1.48 bits per heavy atom. The van der Waals surface area contributed by atoms with Gasteiger partial charge in [0.1, 0.15) is 5.60 Å². The minimum atomic E-state index is -0.487. The van der Waals surface area contributed by atoms with Gasteiger partial charge in [0, 0.05) is 11.6 Å². The summed E-state index contributed by atoms with van der Waals surface area (Å²) in [6.45, 7) is 5.79. The molecule has 0 heterocycles. The van der Waals surface area contributed by atoms with Crippen molar-refractivity contribution >= 4 is 11.8 Å². The van der Waals surface area contributed by atoms with Crippen molar-refractivity contribution in [3.63, 3.8) is 0 Å². The second-order valence-corrected chi connectivity index (χ2v) is 6.23. The van der Waals surface area contributed by atoms with Gasteiger partial charge >= 0.3 is 6.09 Å². The van der Waals surface area contributed by atoms with Crippen LogP contribution in [0.15, 0.2) is 18.2 Å². The number of hydrogen-bond donors (Lipinski definition) is 2. The molecule has 1 aromatic rings. The zero-order valence-electron chi connectivity index (χ0n) is 12.8. The molecule has 0 bridgehead atoms. The number of nitrogen functional groups attached to an aromatic ring is 1. The van der Waals surface area contributed by atoms with Gasteiger partial charge in [-0.25, -0.2) is 4.79 Å². The third-order valence-corrected chi connectivity index (χ3v) is 3.24. The summed E-state index contributed by atoms with van der Waals surface area (Å²) < 4.78 is 5.15. The smallest absolute Gasteiger partial charge is 0.408 e. The fourth-order valence-electron chi connectivity index (χ4n) is 2.38. The zero-order chi connectivity index (χ0) is 15.5. The number of amides is 1. The monoisotopic (exact) mass is 286 g/mol. The Bertz CT molecular complexity index is 591. The number of aryl methyl sites for hydroxylation is 1. The number of hydrogen-bond acceptors (Lipinski definition) is 3. The molecule has 3 N–H and O–H groups in total. The van der Waals surface area contributed by atoms with Crippen LogP contribution in [0.2, 0.25) is 0 Å². The van der Waals surface area contributed by atoms with Gasteiger partial charge in [-0.05, 0) is 56.9 Å². The Morgan fingerprint density at radius 2 is 2.24 bits per heavy atom. The Morgan fingerprint density at radius 3 is 2.95 bits per heavy atom. The summed E-state index contributed by atoms with van der Waals surface area (Å²) in [6, 6.07) is 6.01. The molecule has 1 aromatic carbocycles. The van der Waals surface area contributed by atoms with Gasteiger partial charge in [-0.3, -0.25) is 0 Å². The van der Waals surface area contributed by atoms with E-state index >= 15 is 0 Å². The van der Waals surface area contributed by atoms with Gasteiger partial charge in [-0.15, -0.1) is 0 Å². The third-order valence-electron chi connectivity index (χ3n) is 3.24. The van der Waals surface area contributed by atoms with Crippen LogP contribution in [0, 0.1) is 11.8 Å². The number of fused-ring (bicyclic) bond motifs is 1. The highest BCUT2D eigenvalue weighted by molar-refractivity contribution is 5.68. The number of ether oxygens (including phenoxy) is 1. The second kappa shape index (κ2) is 6.09. The van der Waals surface area contributed by atoms with Crippen molar-refractivity contribution in [2.75, 3.05) is 12.3 Å². The van der Waals surface area contributed by atoms with Crippen LogP contribution >= 0.6 is 0 Å². The zero-order valence-corrected chi connectivity index (χ0v) is 12.8. The lowest BCUT2D eigenvalue weighted by molar-refractivity contribution is 0.0535. The maximum atomic E-state index is 11.5. The van der Waals surface area contributed by atoms with Gasteiger partial charge in [0.2, 0.25) is 0 Å². The fraction of sp³-hybridized carbons (Fsp3) is 0.471. The van der Waals surface area contributed by atoms with Crippen molar-refractivity contribution in [2.24, 2.45) is 0 Å². The Kier molecular flexibility index (Phi) is 4.42. The summed E-state index contributed by atoms with van der Waals surface area (Å²) in [5, 5.41) is 2.64. The first-order valence-corrected chi connectivity index (χ1v) is 7.19. The van der Waals surface area contributed by atoms with E-state index in [0.717, 1.165) is 18.5 Å². The molecular weight excluding hydrogens is 264 g/mol. The third kappa shape index (κ3) is 4.42. The van der Waals surface area contributed by atoms with E-state index < -0.39 is 11.7 Å². The molecular formula is C17H22N2O2. The highest BCUT2D eigenvalue weighted by Gasteiger charge is 2.20. The SMILES string of the molecule is CC(C)(C)OC(=O)NCC#C[C@H]1CCc2ccc(N)cc21. The molecule has 0 aromatic heterocycles. The van der Waals surface area contributed by atoms with Gasteiger partial charge < -0.3 is 15.8 Å². The van der Waals surface area contributed by atoms with E-state index in [1.165, 1.54) is 11.1 Å². The number of anilines is 1. The molecule has 1 atom stereocenters. The molecule has 21 heavy (non-hydrogen) atoms. The number of alkyl carbamates (subject to hydrolysis) is 1. The molecule has 1 aliphatic carbocycles. The molecule has 0 radical (unpaired) electrons. The topological polar surface area (TPSA) is 64.3 Å². The van der Waals surface area contributed by atoms with Crippen LogP contribution in [0.3, 0.4) is 0 Å². The van der Waals surface area contributed by atoms with Crippen molar-refractivity contribution < 1.29 is 9.53 Å². The molecule has 1 aliphatic rings. The molecule has 4 nitrogen and oxygen atoms in total. The number of nitrogens with one attached hydrogen (secondary N) is 1. The summed E-state index contributed by atoms with van der Waals surface area (Å²) in [7, 11) is 0. The van der Waals surface area contributed by atoms with E-state index in [2.05, 4.69) is 23.2 Å². The van der Waals surface area contributed by atoms with Gasteiger partial charge in [-0.2, -0.15) is 0 Å². The molecule has 0 saturated heterocycles. The van der Waals surface area contributed by atoms with Crippen molar-refractivity contribution in [3.8, 4) is 11.8 Å². The van der Waals surface area contributed by atoms with Gasteiger partial charge in [0.05, 0.1) is 6.54 Å². The second-order valence-electron chi connectivity index (χ2n) is 6.23. The van der Waals surface area contributed by atoms with E-state index in [-0.39, 0.29) is 5.92 Å². The summed E-state index contributed by atoms with van der Waals surface area (Å²) in [4.78, 5) is 11.5. The number of rotatable bonds is 1. The predicted octanol–water partition coefficient (Wildman–Crippen LogP) is 2.83. The molecule has 1 amide bonds. The van der Waals surface area contributed by atoms with Crippen LogP contribution in [0.25, 0.3) is 0 Å². The largest absolute Gasteiger partial charge is 0.444 e. The van der Waals surface area contributed by atoms with Crippen molar-refractivity contribution in [3.05, 3.63) is 29.3 Å². The van der Waals surface area contributed by atoms with Crippen LogP contribution in [-0.4, -0.2) is 18.2 Å². The number of carbonyl (C=O) groups excluding carboxylic acids is 1. The average molecular weight is 286 g/mol. The molecule has 0 saturated carbocycles. The Hall–Kier alpha value is -2.15. The molecule has 0 spiro atoms. The number of carbonyl (C=O) groups is 1. The number of nitrogens with two attached hydrogens (primary N) is 1. The van der Waals surface area contributed by atoms with Crippen LogP contribution in [0.5, 0.6) is 0 Å². The fourth-order valence-corrected chi connectivity index (χ4v) is 2.38. The van der Waals surface area contributed by atoms with Crippen molar-refractivity contribution in [1.29, 1.82) is 0 Å². The summed E-state index contributed by atoms with van der Waals surface area (Å²) in [5.74, 6) is 6.42. The molecule has 112 valence electrons. The van der Waals surface area contributed by atoms with Crippen molar-refractivity contribution in [1.82, 2.24) is 5.32 Å². The highest BCUT2D eigenvalue weighted by Crippen LogP contribution is 2.33. The van der Waals surface area contributed by atoms with E-state index in [0.29, 0.717) is 6.54 Å². The van der Waals surface area contributed by atoms with Gasteiger partial charge in [-0.1, -0.05) is 17.9 Å². The quantitative estimate of drug-likeness (QED) is 0.616. The standard InChI is InChI=1S/C17H22N2O2/c1-17(2,3)21-16(20)19-10-4-5-12-6-7-13-8-9-14(18)11-15(12)13/h8-9,11-12H,6-7,10,18H2,1-3H3,(H,19,20)/t12-/m0/s1. The van der Waals surface area contributed by atoms with Crippen molar-refractivity contribution in [2.45, 2.75) is 45.1 Å². The van der Waals surface area contributed by atoms with Crippen LogP contribution < -0.4 is 11.1 Å². The van der Waals surface area contributed by atoms with E-state index in [1.54, 1.807) is 0 Å². The first kappa shape index (κ1) is 15.2. The highest BCUT2D eigenvalue weighted by atomic mass is 16.6. The predicted molar refractivity (Wildman–Crippen MR) is 83.9 cm³/mol. The summed E-state index contributed by atoms with van der Waals surface area (Å²) >= 11 is 0. The summed E-state index contributed by atoms with van der Waals surface area (Å²) in [6.07, 6.45) is 1.61. The van der Waals surface area contributed by atoms with Gasteiger partial charge in [0.15, 0.2) is 0 Å². The average Bonchev–Trinajstić information content (AvgIpc) is 2.75. The lowest BCUT2D eigenvalue weighted by atomic mass is 10.0. The van der Waals surface area contributed by atoms with Crippen LogP contribution in [0.4, 0.5) is 10.5 Å². The molecule has 0 aliphatic heterocycles. The normalized spacial score (nSPS) is 16.6. The lowest BCUT2D eigenvalue weighted by Gasteiger charge is -2.19. The summed E-state index contributed by atoms with van der Waals surface area (Å²) in [5.41, 5.74) is 8.66. The van der Waals surface area contributed by atoms with Crippen LogP contribution in [-0.2, 0) is 11.2 Å². The Labute approximate surface area is 126 Å². The van der Waals surface area contributed by atoms with Crippen LogP contribution in [0.1, 0.15) is 44.2 Å². The van der Waals surface area contributed by atoms with Gasteiger partial charge in [0.25, 0.3) is 0 Å². The molecule has 2 rings (SSSR count). The first-order chi connectivity index (χ1) is 9.85. The maximum absolute atomic E-state index is 11.5.